The van der Waals surface area contributed by atoms with Gasteiger partial charge in [0.25, 0.3) is 0 Å². The van der Waals surface area contributed by atoms with Crippen molar-refractivity contribution in [2.75, 3.05) is 0 Å². The highest BCUT2D eigenvalue weighted by Crippen LogP contribution is 2.32. The fourth-order valence-corrected chi connectivity index (χ4v) is 1.51. The first kappa shape index (κ1) is 12.5. The first-order chi connectivity index (χ1) is 8.47. The van der Waals surface area contributed by atoms with Crippen LogP contribution < -0.4 is 4.74 Å². The van der Waals surface area contributed by atoms with Crippen LogP contribution in [0.25, 0.3) is 0 Å². The van der Waals surface area contributed by atoms with Gasteiger partial charge in [-0.15, -0.1) is 0 Å². The summed E-state index contributed by atoms with van der Waals surface area (Å²) in [4.78, 5) is 0. The molecule has 18 heavy (non-hydrogen) atoms. The topological polar surface area (TPSA) is 37.9 Å². The van der Waals surface area contributed by atoms with Crippen molar-refractivity contribution in [1.29, 1.82) is 0 Å². The molecule has 0 bridgehead atoms. The highest BCUT2D eigenvalue weighted by atomic mass is 19.4. The molecule has 1 aromatic carbocycles. The highest BCUT2D eigenvalue weighted by molar-refractivity contribution is 5.30. The zero-order chi connectivity index (χ0) is 13.2. The lowest BCUT2D eigenvalue weighted by Crippen LogP contribution is -2.07. The Morgan fingerprint density at radius 2 is 2.06 bits per heavy atom. The molecular formula is C12H11F3N2O. The number of H-pyrrole nitrogens is 1. The maximum Gasteiger partial charge on any atom is 0.416 e. The van der Waals surface area contributed by atoms with E-state index in [1.807, 2.05) is 0 Å². The Morgan fingerprint density at radius 1 is 1.28 bits per heavy atom. The summed E-state index contributed by atoms with van der Waals surface area (Å²) in [5.74, 6) is 0.173. The SMILES string of the molecule is CC(Oc1cccc(C(F)(F)F)c1)c1ccn[nH]1. The van der Waals surface area contributed by atoms with Gasteiger partial charge < -0.3 is 4.74 Å². The molecule has 0 amide bonds. The van der Waals surface area contributed by atoms with Crippen LogP contribution in [0.5, 0.6) is 5.75 Å². The number of benzene rings is 1. The lowest BCUT2D eigenvalue weighted by atomic mass is 10.2. The van der Waals surface area contributed by atoms with E-state index in [1.165, 1.54) is 12.1 Å². The second-order valence-corrected chi connectivity index (χ2v) is 3.80. The van der Waals surface area contributed by atoms with Gasteiger partial charge >= 0.3 is 6.18 Å². The number of nitrogens with zero attached hydrogens (tertiary/aromatic N) is 1. The summed E-state index contributed by atoms with van der Waals surface area (Å²) in [5.41, 5.74) is -0.0239. The van der Waals surface area contributed by atoms with Crippen LogP contribution in [0.3, 0.4) is 0 Å². The number of alkyl halides is 3. The molecule has 2 aromatic rings. The van der Waals surface area contributed by atoms with Crippen LogP contribution in [0.1, 0.15) is 24.3 Å². The van der Waals surface area contributed by atoms with Gasteiger partial charge in [0.15, 0.2) is 0 Å². The van der Waals surface area contributed by atoms with E-state index < -0.39 is 17.8 Å². The minimum atomic E-state index is -4.36. The van der Waals surface area contributed by atoms with E-state index in [2.05, 4.69) is 10.2 Å². The molecule has 0 aliphatic carbocycles. The summed E-state index contributed by atoms with van der Waals surface area (Å²) < 4.78 is 42.9. The molecule has 1 unspecified atom stereocenters. The number of aromatic amines is 1. The van der Waals surface area contributed by atoms with E-state index in [1.54, 1.807) is 19.2 Å². The number of halogens is 3. The van der Waals surface area contributed by atoms with Gasteiger partial charge in [-0.25, -0.2) is 0 Å². The van der Waals surface area contributed by atoms with Gasteiger partial charge in [-0.2, -0.15) is 18.3 Å². The summed E-state index contributed by atoms with van der Waals surface area (Å²) in [6.45, 7) is 1.73. The van der Waals surface area contributed by atoms with E-state index in [0.29, 0.717) is 5.69 Å². The van der Waals surface area contributed by atoms with Crippen molar-refractivity contribution in [2.24, 2.45) is 0 Å². The van der Waals surface area contributed by atoms with Gasteiger partial charge in [0.05, 0.1) is 11.3 Å². The normalized spacial score (nSPS) is 13.3. The standard InChI is InChI=1S/C12H11F3N2O/c1-8(11-5-6-16-17-11)18-10-4-2-3-9(7-10)12(13,14)15/h2-8H,1H3,(H,16,17). The molecule has 0 radical (unpaired) electrons. The number of ether oxygens (including phenoxy) is 1. The van der Waals surface area contributed by atoms with Crippen LogP contribution in [0, 0.1) is 0 Å². The van der Waals surface area contributed by atoms with Crippen molar-refractivity contribution in [3.05, 3.63) is 47.8 Å². The minimum Gasteiger partial charge on any atom is -0.484 e. The number of hydrogen-bond donors (Lipinski definition) is 1. The summed E-state index contributed by atoms with van der Waals surface area (Å²) in [7, 11) is 0. The molecule has 2 rings (SSSR count). The fraction of sp³-hybridized carbons (Fsp3) is 0.250. The summed E-state index contributed by atoms with van der Waals surface area (Å²) in [5, 5.41) is 6.46. The summed E-state index contributed by atoms with van der Waals surface area (Å²) in [6, 6.07) is 6.50. The van der Waals surface area contributed by atoms with Crippen LogP contribution >= 0.6 is 0 Å². The molecule has 1 atom stereocenters. The van der Waals surface area contributed by atoms with Gasteiger partial charge in [-0.3, -0.25) is 5.10 Å². The van der Waals surface area contributed by atoms with Crippen LogP contribution in [0.4, 0.5) is 13.2 Å². The van der Waals surface area contributed by atoms with Crippen LogP contribution in [-0.2, 0) is 6.18 Å². The van der Waals surface area contributed by atoms with Gasteiger partial charge in [0.2, 0.25) is 0 Å². The number of hydrogen-bond acceptors (Lipinski definition) is 2. The van der Waals surface area contributed by atoms with Crippen LogP contribution in [0.2, 0.25) is 0 Å². The second-order valence-electron chi connectivity index (χ2n) is 3.80. The molecule has 1 N–H and O–H groups in total. The molecule has 0 aliphatic rings. The summed E-state index contributed by atoms with van der Waals surface area (Å²) >= 11 is 0. The average Bonchev–Trinajstić information content (AvgIpc) is 2.81. The maximum atomic E-state index is 12.5. The van der Waals surface area contributed by atoms with Crippen LogP contribution in [-0.4, -0.2) is 10.2 Å². The van der Waals surface area contributed by atoms with Crippen LogP contribution in [0.15, 0.2) is 36.5 Å². The quantitative estimate of drug-likeness (QED) is 0.911. The highest BCUT2D eigenvalue weighted by Gasteiger charge is 2.30. The molecule has 0 saturated heterocycles. The predicted molar refractivity (Wildman–Crippen MR) is 59.1 cm³/mol. The Kier molecular flexibility index (Phi) is 3.27. The molecular weight excluding hydrogens is 245 g/mol. The zero-order valence-corrected chi connectivity index (χ0v) is 9.53. The Bertz CT molecular complexity index is 508. The molecule has 96 valence electrons. The predicted octanol–water partition coefficient (Wildman–Crippen LogP) is 3.57. The van der Waals surface area contributed by atoms with Crippen molar-refractivity contribution in [3.63, 3.8) is 0 Å². The molecule has 0 aliphatic heterocycles. The number of aromatic nitrogens is 2. The van der Waals surface area contributed by atoms with Crippen molar-refractivity contribution in [1.82, 2.24) is 10.2 Å². The smallest absolute Gasteiger partial charge is 0.416 e. The second kappa shape index (κ2) is 4.72. The maximum absolute atomic E-state index is 12.5. The van der Waals surface area contributed by atoms with Crippen molar-refractivity contribution >= 4 is 0 Å². The minimum absolute atomic E-state index is 0.173. The third-order valence-corrected chi connectivity index (χ3v) is 2.43. The van der Waals surface area contributed by atoms with Crippen molar-refractivity contribution in [3.8, 4) is 5.75 Å². The zero-order valence-electron chi connectivity index (χ0n) is 9.53. The van der Waals surface area contributed by atoms with Gasteiger partial charge in [0, 0.05) is 6.20 Å². The van der Waals surface area contributed by atoms with Gasteiger partial charge in [-0.05, 0) is 31.2 Å². The largest absolute Gasteiger partial charge is 0.484 e. The van der Waals surface area contributed by atoms with E-state index in [9.17, 15) is 13.2 Å². The molecule has 0 fully saturated rings. The molecule has 0 saturated carbocycles. The van der Waals surface area contributed by atoms with Gasteiger partial charge in [-0.1, -0.05) is 6.07 Å². The molecule has 1 heterocycles. The molecule has 3 nitrogen and oxygen atoms in total. The Labute approximate surface area is 102 Å². The van der Waals surface area contributed by atoms with E-state index in [-0.39, 0.29) is 5.75 Å². The van der Waals surface area contributed by atoms with Crippen molar-refractivity contribution < 1.29 is 17.9 Å². The molecule has 6 heteroatoms. The third-order valence-electron chi connectivity index (χ3n) is 2.43. The van der Waals surface area contributed by atoms with Crippen molar-refractivity contribution in [2.45, 2.75) is 19.2 Å². The average molecular weight is 256 g/mol. The van der Waals surface area contributed by atoms with E-state index in [0.717, 1.165) is 12.1 Å². The first-order valence-electron chi connectivity index (χ1n) is 5.30. The summed E-state index contributed by atoms with van der Waals surface area (Å²) in [6.07, 6.45) is -3.20. The Hall–Kier alpha value is -1.98. The Balaban J connectivity index is 2.15. The monoisotopic (exact) mass is 256 g/mol. The fourth-order valence-electron chi connectivity index (χ4n) is 1.51. The third kappa shape index (κ3) is 2.82. The van der Waals surface area contributed by atoms with E-state index >= 15 is 0 Å². The first-order valence-corrected chi connectivity index (χ1v) is 5.30. The lowest BCUT2D eigenvalue weighted by molar-refractivity contribution is -0.137. The molecule has 0 spiro atoms. The number of rotatable bonds is 3. The van der Waals surface area contributed by atoms with Gasteiger partial charge in [0.1, 0.15) is 11.9 Å². The number of nitrogens with one attached hydrogen (secondary N) is 1. The van der Waals surface area contributed by atoms with E-state index in [4.69, 9.17) is 4.74 Å². The molecule has 1 aromatic heterocycles. The Morgan fingerprint density at radius 3 is 2.67 bits per heavy atom. The lowest BCUT2D eigenvalue weighted by Gasteiger charge is -2.14.